The highest BCUT2D eigenvalue weighted by Crippen LogP contribution is 2.21. The van der Waals surface area contributed by atoms with Crippen LogP contribution in [-0.2, 0) is 19.4 Å². The first-order chi connectivity index (χ1) is 12.5. The Balaban J connectivity index is 0.000000314. The molecule has 0 saturated heterocycles. The molecule has 1 atom stereocenters. The number of sulfone groups is 1. The highest BCUT2D eigenvalue weighted by atomic mass is 32.2. The van der Waals surface area contributed by atoms with E-state index in [1.165, 1.54) is 0 Å². The van der Waals surface area contributed by atoms with Gasteiger partial charge in [0, 0.05) is 6.42 Å². The normalized spacial score (nSPS) is 11.8. The molecule has 0 bridgehead atoms. The van der Waals surface area contributed by atoms with Crippen LogP contribution in [0.1, 0.15) is 24.0 Å². The monoisotopic (exact) mass is 393 g/mol. The van der Waals surface area contributed by atoms with Crippen molar-refractivity contribution in [2.24, 2.45) is 5.73 Å². The van der Waals surface area contributed by atoms with E-state index in [2.05, 4.69) is 0 Å². The number of carbonyl (C=O) groups is 2. The molecule has 0 fully saturated rings. The standard InChI is InChI=1S/C14H14O2S.C5H9NO4/c1-11-3-7-13(8-4-11)17(15,16)14-9-5-12(2)6-10-14;6-3(5(9)10)1-2-4(7)8/h3-10H,1-2H3;3H,1-2,6H2,(H,7,8)(H,9,10)/t;3-/m.0/s1. The average molecular weight is 393 g/mol. The van der Waals surface area contributed by atoms with E-state index in [9.17, 15) is 18.0 Å². The zero-order valence-electron chi connectivity index (χ0n) is 15.1. The number of rotatable bonds is 6. The van der Waals surface area contributed by atoms with Gasteiger partial charge >= 0.3 is 11.9 Å². The molecule has 0 aromatic heterocycles. The molecule has 2 aromatic carbocycles. The number of benzene rings is 2. The van der Waals surface area contributed by atoms with Crippen LogP contribution in [0.25, 0.3) is 0 Å². The van der Waals surface area contributed by atoms with E-state index in [-0.39, 0.29) is 12.8 Å². The first kappa shape index (κ1) is 22.3. The average Bonchev–Trinajstić information content (AvgIpc) is 2.61. The van der Waals surface area contributed by atoms with E-state index in [1.54, 1.807) is 48.5 Å². The minimum Gasteiger partial charge on any atom is -0.481 e. The Morgan fingerprint density at radius 1 is 0.889 bits per heavy atom. The Morgan fingerprint density at radius 2 is 1.26 bits per heavy atom. The van der Waals surface area contributed by atoms with E-state index in [0.29, 0.717) is 9.79 Å². The predicted octanol–water partition coefficient (Wildman–Crippen LogP) is 2.40. The van der Waals surface area contributed by atoms with Gasteiger partial charge in [-0.25, -0.2) is 8.42 Å². The molecule has 0 spiro atoms. The quantitative estimate of drug-likeness (QED) is 0.686. The van der Waals surface area contributed by atoms with E-state index >= 15 is 0 Å². The smallest absolute Gasteiger partial charge is 0.320 e. The van der Waals surface area contributed by atoms with E-state index < -0.39 is 27.8 Å². The van der Waals surface area contributed by atoms with Crippen molar-refractivity contribution in [2.45, 2.75) is 42.5 Å². The Bertz CT molecular complexity index is 822. The zero-order chi connectivity index (χ0) is 20.6. The molecule has 27 heavy (non-hydrogen) atoms. The topological polar surface area (TPSA) is 135 Å². The van der Waals surface area contributed by atoms with Crippen molar-refractivity contribution in [1.29, 1.82) is 0 Å². The number of carboxylic acids is 2. The minimum absolute atomic E-state index is 0.0231. The lowest BCUT2D eigenvalue weighted by atomic mass is 10.2. The molecule has 0 unspecified atom stereocenters. The molecule has 8 heteroatoms. The van der Waals surface area contributed by atoms with Gasteiger partial charge in [-0.15, -0.1) is 0 Å². The molecule has 0 aliphatic rings. The fourth-order valence-corrected chi connectivity index (χ4v) is 3.23. The highest BCUT2D eigenvalue weighted by molar-refractivity contribution is 7.91. The third kappa shape index (κ3) is 7.20. The fraction of sp³-hybridized carbons (Fsp3) is 0.263. The lowest BCUT2D eigenvalue weighted by molar-refractivity contribution is -0.139. The molecule has 4 N–H and O–H groups in total. The molecule has 2 rings (SSSR count). The Morgan fingerprint density at radius 3 is 1.56 bits per heavy atom. The molecule has 0 amide bonds. The number of hydrogen-bond donors (Lipinski definition) is 3. The maximum absolute atomic E-state index is 12.3. The van der Waals surface area contributed by atoms with Gasteiger partial charge in [-0.1, -0.05) is 35.4 Å². The van der Waals surface area contributed by atoms with Crippen LogP contribution in [-0.4, -0.2) is 36.6 Å². The van der Waals surface area contributed by atoms with Gasteiger partial charge in [0.1, 0.15) is 6.04 Å². The SMILES string of the molecule is Cc1ccc(S(=O)(=O)c2ccc(C)cc2)cc1.N[C@@H](CCC(=O)O)C(=O)O. The van der Waals surface area contributed by atoms with Crippen molar-refractivity contribution in [3.05, 3.63) is 59.7 Å². The second-order valence-corrected chi connectivity index (χ2v) is 7.96. The predicted molar refractivity (Wildman–Crippen MR) is 100 cm³/mol. The largest absolute Gasteiger partial charge is 0.481 e. The van der Waals surface area contributed by atoms with Gasteiger partial charge in [0.15, 0.2) is 0 Å². The second-order valence-electron chi connectivity index (χ2n) is 6.01. The van der Waals surface area contributed by atoms with Gasteiger partial charge in [0.05, 0.1) is 9.79 Å². The molecule has 0 saturated carbocycles. The van der Waals surface area contributed by atoms with E-state index in [0.717, 1.165) is 11.1 Å². The lowest BCUT2D eigenvalue weighted by Gasteiger charge is -2.05. The summed E-state index contributed by atoms with van der Waals surface area (Å²) in [5.74, 6) is -2.20. The number of nitrogens with two attached hydrogens (primary N) is 1. The van der Waals surface area contributed by atoms with Crippen LogP contribution in [0.5, 0.6) is 0 Å². The summed E-state index contributed by atoms with van der Waals surface area (Å²) in [6.45, 7) is 3.87. The summed E-state index contributed by atoms with van der Waals surface area (Å²) >= 11 is 0. The number of aliphatic carboxylic acids is 2. The Kier molecular flexibility index (Phi) is 8.14. The van der Waals surface area contributed by atoms with Crippen molar-refractivity contribution in [1.82, 2.24) is 0 Å². The Hall–Kier alpha value is -2.71. The summed E-state index contributed by atoms with van der Waals surface area (Å²) < 4.78 is 24.5. The summed E-state index contributed by atoms with van der Waals surface area (Å²) in [5, 5.41) is 16.3. The summed E-state index contributed by atoms with van der Waals surface area (Å²) in [6, 6.07) is 12.7. The molecule has 146 valence electrons. The van der Waals surface area contributed by atoms with Crippen LogP contribution >= 0.6 is 0 Å². The van der Waals surface area contributed by atoms with Crippen molar-refractivity contribution in [2.75, 3.05) is 0 Å². The fourth-order valence-electron chi connectivity index (χ4n) is 1.97. The van der Waals surface area contributed by atoms with E-state index in [4.69, 9.17) is 15.9 Å². The molecule has 0 radical (unpaired) electrons. The third-order valence-electron chi connectivity index (χ3n) is 3.65. The van der Waals surface area contributed by atoms with Gasteiger partial charge in [0.2, 0.25) is 9.84 Å². The van der Waals surface area contributed by atoms with Crippen LogP contribution in [0.15, 0.2) is 58.3 Å². The molecule has 0 aliphatic heterocycles. The molecular weight excluding hydrogens is 370 g/mol. The van der Waals surface area contributed by atoms with Crippen LogP contribution in [0.2, 0.25) is 0 Å². The zero-order valence-corrected chi connectivity index (χ0v) is 15.9. The maximum Gasteiger partial charge on any atom is 0.320 e. The first-order valence-electron chi connectivity index (χ1n) is 8.12. The molecule has 0 heterocycles. The van der Waals surface area contributed by atoms with Crippen LogP contribution < -0.4 is 5.73 Å². The van der Waals surface area contributed by atoms with Crippen LogP contribution in [0.3, 0.4) is 0 Å². The summed E-state index contributed by atoms with van der Waals surface area (Å²) in [6.07, 6.45) is -0.224. The van der Waals surface area contributed by atoms with Gasteiger partial charge in [0.25, 0.3) is 0 Å². The summed E-state index contributed by atoms with van der Waals surface area (Å²) in [5.41, 5.74) is 7.10. The molecule has 2 aromatic rings. The van der Waals surface area contributed by atoms with Crippen molar-refractivity contribution < 1.29 is 28.2 Å². The van der Waals surface area contributed by atoms with Gasteiger partial charge < -0.3 is 15.9 Å². The first-order valence-corrected chi connectivity index (χ1v) is 9.61. The number of hydrogen-bond acceptors (Lipinski definition) is 5. The number of carboxylic acid groups (broad SMARTS) is 2. The van der Waals surface area contributed by atoms with Crippen molar-refractivity contribution in [3.8, 4) is 0 Å². The highest BCUT2D eigenvalue weighted by Gasteiger charge is 2.16. The summed E-state index contributed by atoms with van der Waals surface area (Å²) in [4.78, 5) is 20.6. The van der Waals surface area contributed by atoms with E-state index in [1.807, 2.05) is 13.8 Å². The number of aryl methyl sites for hydroxylation is 2. The molecular formula is C19H23NO6S. The molecule has 7 nitrogen and oxygen atoms in total. The lowest BCUT2D eigenvalue weighted by Crippen LogP contribution is -2.30. The molecule has 0 aliphatic carbocycles. The third-order valence-corrected chi connectivity index (χ3v) is 5.43. The Labute approximate surface area is 158 Å². The second kappa shape index (κ2) is 9.84. The summed E-state index contributed by atoms with van der Waals surface area (Å²) in [7, 11) is -3.37. The van der Waals surface area contributed by atoms with Crippen LogP contribution in [0, 0.1) is 13.8 Å². The maximum atomic E-state index is 12.3. The van der Waals surface area contributed by atoms with Crippen molar-refractivity contribution >= 4 is 21.8 Å². The van der Waals surface area contributed by atoms with Gasteiger partial charge in [-0.05, 0) is 44.5 Å². The van der Waals surface area contributed by atoms with Crippen molar-refractivity contribution in [3.63, 3.8) is 0 Å². The minimum atomic E-state index is -3.37. The van der Waals surface area contributed by atoms with Gasteiger partial charge in [-0.2, -0.15) is 0 Å². The van der Waals surface area contributed by atoms with Gasteiger partial charge in [-0.3, -0.25) is 9.59 Å². The van der Waals surface area contributed by atoms with Crippen LogP contribution in [0.4, 0.5) is 0 Å².